The van der Waals surface area contributed by atoms with Gasteiger partial charge in [-0.3, -0.25) is 4.79 Å². The number of carbonyl (C=O) groups is 2. The Kier molecular flexibility index (Phi) is 6.23. The van der Waals surface area contributed by atoms with Crippen molar-refractivity contribution in [3.63, 3.8) is 0 Å². The lowest BCUT2D eigenvalue weighted by atomic mass is 10.1. The maximum atomic E-state index is 11.9. The van der Waals surface area contributed by atoms with Gasteiger partial charge >= 0.3 is 11.7 Å². The molecule has 2 rings (SSSR count). The molecule has 1 heterocycles. The van der Waals surface area contributed by atoms with Crippen LogP contribution in [0.5, 0.6) is 5.75 Å². The van der Waals surface area contributed by atoms with Crippen molar-refractivity contribution < 1.29 is 23.8 Å². The van der Waals surface area contributed by atoms with Crippen molar-refractivity contribution in [3.05, 3.63) is 46.3 Å². The quantitative estimate of drug-likeness (QED) is 0.419. The van der Waals surface area contributed by atoms with Crippen molar-refractivity contribution in [2.45, 2.75) is 26.4 Å². The van der Waals surface area contributed by atoms with Gasteiger partial charge in [-0.25, -0.2) is 9.59 Å². The second kappa shape index (κ2) is 8.39. The van der Waals surface area contributed by atoms with E-state index in [1.165, 1.54) is 24.3 Å². The molecule has 0 atom stereocenters. The molecule has 0 unspecified atom stereocenters. The number of alkyl carbamates (subject to hydrolysis) is 1. The first-order chi connectivity index (χ1) is 12.6. The van der Waals surface area contributed by atoms with Crippen molar-refractivity contribution in [1.29, 1.82) is 0 Å². The van der Waals surface area contributed by atoms with Crippen LogP contribution >= 0.6 is 0 Å². The molecule has 2 amide bonds. The van der Waals surface area contributed by atoms with Crippen molar-refractivity contribution >= 4 is 29.0 Å². The highest BCUT2D eigenvalue weighted by Gasteiger charge is 2.15. The van der Waals surface area contributed by atoms with Crippen LogP contribution in [-0.2, 0) is 9.53 Å². The van der Waals surface area contributed by atoms with Gasteiger partial charge in [-0.15, -0.1) is 0 Å². The molecule has 2 aromatic rings. The summed E-state index contributed by atoms with van der Waals surface area (Å²) in [5.74, 6) is -0.431. The average Bonchev–Trinajstić information content (AvgIpc) is 2.55. The predicted octanol–water partition coefficient (Wildman–Crippen LogP) is 2.15. The number of ether oxygens (including phenoxy) is 1. The summed E-state index contributed by atoms with van der Waals surface area (Å²) in [4.78, 5) is 35.2. The standard InChI is InChI=1S/C19H22N2O6/c1-19(2,3)27-18(25)21-9-8-20-16(23)7-5-13-10-12-4-6-14(22)11-15(12)26-17(13)24/h4-7,10-11,22H,8-9H2,1-3H3,(H,20,23)(H,21,25). The number of hydrogen-bond acceptors (Lipinski definition) is 6. The van der Waals surface area contributed by atoms with Crippen molar-refractivity contribution in [1.82, 2.24) is 10.6 Å². The average molecular weight is 374 g/mol. The molecule has 144 valence electrons. The van der Waals surface area contributed by atoms with Gasteiger partial charge in [0.25, 0.3) is 0 Å². The third-order valence-electron chi connectivity index (χ3n) is 3.25. The first-order valence-corrected chi connectivity index (χ1v) is 8.34. The number of rotatable bonds is 5. The fourth-order valence-corrected chi connectivity index (χ4v) is 2.12. The summed E-state index contributed by atoms with van der Waals surface area (Å²) >= 11 is 0. The Hall–Kier alpha value is -3.29. The topological polar surface area (TPSA) is 118 Å². The summed E-state index contributed by atoms with van der Waals surface area (Å²) in [5, 5.41) is 15.1. The fraction of sp³-hybridized carbons (Fsp3) is 0.316. The van der Waals surface area contributed by atoms with Gasteiger partial charge in [0.05, 0.1) is 5.56 Å². The van der Waals surface area contributed by atoms with Gasteiger partial charge in [0.2, 0.25) is 5.91 Å². The lowest BCUT2D eigenvalue weighted by Gasteiger charge is -2.19. The van der Waals surface area contributed by atoms with Gasteiger partial charge < -0.3 is 24.9 Å². The minimum atomic E-state index is -0.622. The van der Waals surface area contributed by atoms with Crippen LogP contribution in [0.4, 0.5) is 4.79 Å². The fourth-order valence-electron chi connectivity index (χ4n) is 2.12. The smallest absolute Gasteiger partial charge is 0.407 e. The number of aromatic hydroxyl groups is 1. The maximum Gasteiger partial charge on any atom is 0.407 e. The molecule has 8 heteroatoms. The Labute approximate surface area is 155 Å². The lowest BCUT2D eigenvalue weighted by Crippen LogP contribution is -2.37. The molecule has 0 spiro atoms. The number of nitrogens with one attached hydrogen (secondary N) is 2. The molecule has 0 saturated carbocycles. The highest BCUT2D eigenvalue weighted by molar-refractivity contribution is 5.92. The molecular weight excluding hydrogens is 352 g/mol. The SMILES string of the molecule is CC(C)(C)OC(=O)NCCNC(=O)C=Cc1cc2ccc(O)cc2oc1=O. The summed E-state index contributed by atoms with van der Waals surface area (Å²) in [5.41, 5.74) is -0.746. The third-order valence-corrected chi connectivity index (χ3v) is 3.25. The van der Waals surface area contributed by atoms with Crippen molar-refractivity contribution in [3.8, 4) is 5.75 Å². The number of amides is 2. The molecule has 1 aromatic heterocycles. The van der Waals surface area contributed by atoms with E-state index in [0.29, 0.717) is 5.39 Å². The van der Waals surface area contributed by atoms with Crippen molar-refractivity contribution in [2.75, 3.05) is 13.1 Å². The lowest BCUT2D eigenvalue weighted by molar-refractivity contribution is -0.116. The summed E-state index contributed by atoms with van der Waals surface area (Å²) in [7, 11) is 0. The van der Waals surface area contributed by atoms with Crippen LogP contribution in [0, 0.1) is 0 Å². The molecule has 0 radical (unpaired) electrons. The van der Waals surface area contributed by atoms with E-state index in [0.717, 1.165) is 0 Å². The van der Waals surface area contributed by atoms with Crippen LogP contribution in [0.15, 0.2) is 39.6 Å². The number of carbonyl (C=O) groups excluding carboxylic acids is 2. The first-order valence-electron chi connectivity index (χ1n) is 8.34. The summed E-state index contributed by atoms with van der Waals surface area (Å²) in [6.07, 6.45) is 1.98. The first kappa shape index (κ1) is 20.0. The summed E-state index contributed by atoms with van der Waals surface area (Å²) in [6, 6.07) is 5.98. The Morgan fingerprint density at radius 3 is 2.59 bits per heavy atom. The van der Waals surface area contributed by atoms with E-state index >= 15 is 0 Å². The van der Waals surface area contributed by atoms with Gasteiger partial charge in [0.15, 0.2) is 0 Å². The molecule has 8 nitrogen and oxygen atoms in total. The normalized spacial score (nSPS) is 11.5. The maximum absolute atomic E-state index is 11.9. The van der Waals surface area contributed by atoms with Crippen molar-refractivity contribution in [2.24, 2.45) is 0 Å². The molecule has 27 heavy (non-hydrogen) atoms. The third kappa shape index (κ3) is 6.50. The molecule has 0 aliphatic carbocycles. The minimum absolute atomic E-state index is 0.00619. The van der Waals surface area contributed by atoms with E-state index in [2.05, 4.69) is 10.6 Å². The second-order valence-electron chi connectivity index (χ2n) is 6.76. The minimum Gasteiger partial charge on any atom is -0.508 e. The molecule has 0 bridgehead atoms. The number of benzene rings is 1. The number of phenolic OH excluding ortho intramolecular Hbond substituents is 1. The zero-order valence-corrected chi connectivity index (χ0v) is 15.4. The van der Waals surface area contributed by atoms with Crippen LogP contribution in [0.3, 0.4) is 0 Å². The summed E-state index contributed by atoms with van der Waals surface area (Å²) < 4.78 is 10.2. The van der Waals surface area contributed by atoms with Crippen LogP contribution in [0.1, 0.15) is 26.3 Å². The zero-order valence-electron chi connectivity index (χ0n) is 15.4. The van der Waals surface area contributed by atoms with Crippen LogP contribution in [-0.4, -0.2) is 35.8 Å². The Morgan fingerprint density at radius 2 is 1.89 bits per heavy atom. The van der Waals surface area contributed by atoms with Crippen LogP contribution in [0.25, 0.3) is 17.0 Å². The van der Waals surface area contributed by atoms with E-state index in [1.54, 1.807) is 32.9 Å². The monoisotopic (exact) mass is 374 g/mol. The van der Waals surface area contributed by atoms with E-state index in [9.17, 15) is 19.5 Å². The van der Waals surface area contributed by atoms with Crippen LogP contribution in [0.2, 0.25) is 0 Å². The van der Waals surface area contributed by atoms with E-state index in [-0.39, 0.29) is 30.0 Å². The Bertz CT molecular complexity index is 924. The highest BCUT2D eigenvalue weighted by Crippen LogP contribution is 2.19. The molecule has 0 saturated heterocycles. The number of hydrogen-bond donors (Lipinski definition) is 3. The van der Waals surface area contributed by atoms with Gasteiger partial charge in [0, 0.05) is 30.6 Å². The Morgan fingerprint density at radius 1 is 1.19 bits per heavy atom. The van der Waals surface area contributed by atoms with Gasteiger partial charge in [0.1, 0.15) is 16.9 Å². The molecule has 0 fully saturated rings. The van der Waals surface area contributed by atoms with E-state index in [4.69, 9.17) is 9.15 Å². The highest BCUT2D eigenvalue weighted by atomic mass is 16.6. The molecule has 3 N–H and O–H groups in total. The molecule has 0 aliphatic rings. The zero-order chi connectivity index (χ0) is 20.0. The van der Waals surface area contributed by atoms with Crippen LogP contribution < -0.4 is 16.3 Å². The van der Waals surface area contributed by atoms with Gasteiger partial charge in [-0.1, -0.05) is 0 Å². The number of phenols is 1. The van der Waals surface area contributed by atoms with Gasteiger partial charge in [-0.2, -0.15) is 0 Å². The van der Waals surface area contributed by atoms with E-state index < -0.39 is 23.2 Å². The second-order valence-corrected chi connectivity index (χ2v) is 6.76. The van der Waals surface area contributed by atoms with Gasteiger partial charge in [-0.05, 0) is 45.0 Å². The molecular formula is C19H22N2O6. The molecule has 1 aromatic carbocycles. The Balaban J connectivity index is 1.87. The number of fused-ring (bicyclic) bond motifs is 1. The largest absolute Gasteiger partial charge is 0.508 e. The summed E-state index contributed by atoms with van der Waals surface area (Å²) in [6.45, 7) is 5.67. The molecule has 0 aliphatic heterocycles. The predicted molar refractivity (Wildman–Crippen MR) is 100 cm³/mol. The van der Waals surface area contributed by atoms with E-state index in [1.807, 2.05) is 0 Å².